The third-order valence-electron chi connectivity index (χ3n) is 3.53. The first kappa shape index (κ1) is 18.6. The van der Waals surface area contributed by atoms with Gasteiger partial charge in [0.2, 0.25) is 15.9 Å². The van der Waals surface area contributed by atoms with E-state index in [4.69, 9.17) is 0 Å². The van der Waals surface area contributed by atoms with E-state index in [1.165, 1.54) is 10.6 Å². The summed E-state index contributed by atoms with van der Waals surface area (Å²) in [5.41, 5.74) is 2.94. The summed E-state index contributed by atoms with van der Waals surface area (Å²) in [5.74, 6) is -0.159. The zero-order valence-corrected chi connectivity index (χ0v) is 14.7. The highest BCUT2D eigenvalue weighted by Gasteiger charge is 2.17. The fourth-order valence-electron chi connectivity index (χ4n) is 2.32. The monoisotopic (exact) mass is 326 g/mol. The molecule has 0 aromatic heterocycles. The van der Waals surface area contributed by atoms with Gasteiger partial charge < -0.3 is 5.32 Å². The van der Waals surface area contributed by atoms with Crippen LogP contribution in [0.4, 0.5) is 5.69 Å². The summed E-state index contributed by atoms with van der Waals surface area (Å²) in [6.07, 6.45) is 2.90. The van der Waals surface area contributed by atoms with E-state index in [2.05, 4.69) is 5.32 Å². The molecule has 0 aliphatic rings. The maximum atomic E-state index is 12.1. The van der Waals surface area contributed by atoms with Gasteiger partial charge in [0.05, 0.1) is 6.26 Å². The molecule has 0 bridgehead atoms. The lowest BCUT2D eigenvalue weighted by molar-refractivity contribution is -0.116. The van der Waals surface area contributed by atoms with Gasteiger partial charge in [0, 0.05) is 25.2 Å². The van der Waals surface area contributed by atoms with Crippen molar-refractivity contribution in [1.82, 2.24) is 4.31 Å². The maximum Gasteiger partial charge on any atom is 0.225 e. The molecule has 1 rings (SSSR count). The van der Waals surface area contributed by atoms with Crippen LogP contribution in [0.15, 0.2) is 18.2 Å². The molecule has 5 nitrogen and oxygen atoms in total. The minimum atomic E-state index is -3.26. The van der Waals surface area contributed by atoms with E-state index < -0.39 is 10.0 Å². The number of para-hydroxylation sites is 1. The molecule has 6 heteroatoms. The zero-order chi connectivity index (χ0) is 16.8. The Kier molecular flexibility index (Phi) is 7.03. The fraction of sp³-hybridized carbons (Fsp3) is 0.562. The predicted octanol–water partition coefficient (Wildman–Crippen LogP) is 2.56. The van der Waals surface area contributed by atoms with Gasteiger partial charge in [0.1, 0.15) is 0 Å². The first-order chi connectivity index (χ1) is 10.3. The second-order valence-electron chi connectivity index (χ2n) is 5.42. The van der Waals surface area contributed by atoms with Crippen molar-refractivity contribution in [2.75, 3.05) is 24.7 Å². The Morgan fingerprint density at radius 1 is 1.23 bits per heavy atom. The fourth-order valence-corrected chi connectivity index (χ4v) is 3.26. The number of carbonyl (C=O) groups is 1. The highest BCUT2D eigenvalue weighted by molar-refractivity contribution is 7.88. The Hall–Kier alpha value is -1.40. The molecule has 0 saturated heterocycles. The number of anilines is 1. The average Bonchev–Trinajstić information content (AvgIpc) is 2.44. The molecule has 124 valence electrons. The molecule has 0 heterocycles. The molecule has 0 aliphatic carbocycles. The van der Waals surface area contributed by atoms with Crippen LogP contribution in [-0.4, -0.2) is 38.0 Å². The molecule has 1 aromatic carbocycles. The maximum absolute atomic E-state index is 12.1. The van der Waals surface area contributed by atoms with E-state index in [0.29, 0.717) is 6.54 Å². The van der Waals surface area contributed by atoms with Crippen LogP contribution in [0, 0.1) is 6.92 Å². The average molecular weight is 326 g/mol. The topological polar surface area (TPSA) is 66.5 Å². The molecule has 0 saturated carbocycles. The van der Waals surface area contributed by atoms with Crippen LogP contribution in [-0.2, 0) is 21.2 Å². The molecule has 0 spiro atoms. The summed E-state index contributed by atoms with van der Waals surface area (Å²) in [5, 5.41) is 2.92. The molecule has 0 aliphatic heterocycles. The van der Waals surface area contributed by atoms with Crippen molar-refractivity contribution in [2.24, 2.45) is 0 Å². The number of nitrogens with one attached hydrogen (secondary N) is 1. The van der Waals surface area contributed by atoms with Crippen molar-refractivity contribution in [3.8, 4) is 0 Å². The van der Waals surface area contributed by atoms with Gasteiger partial charge >= 0.3 is 0 Å². The van der Waals surface area contributed by atoms with E-state index in [9.17, 15) is 13.2 Å². The highest BCUT2D eigenvalue weighted by atomic mass is 32.2. The Bertz CT molecular complexity index is 612. The molecule has 0 atom stereocenters. The van der Waals surface area contributed by atoms with Gasteiger partial charge in [0.25, 0.3) is 0 Å². The molecular formula is C16H26N2O3S. The van der Waals surface area contributed by atoms with Crippen molar-refractivity contribution in [3.63, 3.8) is 0 Å². The SMILES string of the molecule is CCCN(CCC(=O)Nc1c(C)cccc1CC)S(C)(=O)=O. The standard InChI is InChI=1S/C16H26N2O3S/c1-5-11-18(22(4,20)21)12-10-15(19)17-16-13(3)8-7-9-14(16)6-2/h7-9H,5-6,10-12H2,1-4H3,(H,17,19). The Balaban J connectivity index is 2.71. The van der Waals surface area contributed by atoms with Crippen molar-refractivity contribution < 1.29 is 13.2 Å². The number of sulfonamides is 1. The number of amides is 1. The Morgan fingerprint density at radius 2 is 1.91 bits per heavy atom. The number of benzene rings is 1. The van der Waals surface area contributed by atoms with Crippen LogP contribution in [0.3, 0.4) is 0 Å². The molecule has 0 fully saturated rings. The number of carbonyl (C=O) groups excluding carboxylic acids is 1. The van der Waals surface area contributed by atoms with E-state index in [1.807, 2.05) is 39.0 Å². The lowest BCUT2D eigenvalue weighted by Gasteiger charge is -2.19. The lowest BCUT2D eigenvalue weighted by atomic mass is 10.1. The number of hydrogen-bond donors (Lipinski definition) is 1. The molecule has 1 N–H and O–H groups in total. The molecular weight excluding hydrogens is 300 g/mol. The van der Waals surface area contributed by atoms with Crippen LogP contribution in [0.2, 0.25) is 0 Å². The van der Waals surface area contributed by atoms with Crippen LogP contribution in [0.1, 0.15) is 37.8 Å². The summed E-state index contributed by atoms with van der Waals surface area (Å²) >= 11 is 0. The lowest BCUT2D eigenvalue weighted by Crippen LogP contribution is -2.33. The first-order valence-electron chi connectivity index (χ1n) is 7.63. The second kappa shape index (κ2) is 8.29. The molecule has 1 aromatic rings. The van der Waals surface area contributed by atoms with Gasteiger partial charge in [-0.2, -0.15) is 0 Å². The summed E-state index contributed by atoms with van der Waals surface area (Å²) in [6, 6.07) is 5.91. The minimum Gasteiger partial charge on any atom is -0.326 e. The molecule has 0 radical (unpaired) electrons. The van der Waals surface area contributed by atoms with Crippen molar-refractivity contribution >= 4 is 21.6 Å². The normalized spacial score (nSPS) is 11.7. The smallest absolute Gasteiger partial charge is 0.225 e. The van der Waals surface area contributed by atoms with E-state index in [1.54, 1.807) is 0 Å². The van der Waals surface area contributed by atoms with Gasteiger partial charge in [-0.1, -0.05) is 32.0 Å². The third kappa shape index (κ3) is 5.42. The summed E-state index contributed by atoms with van der Waals surface area (Å²) in [6.45, 7) is 6.56. The Labute approximate surface area is 133 Å². The second-order valence-corrected chi connectivity index (χ2v) is 7.41. The van der Waals surface area contributed by atoms with Gasteiger partial charge in [-0.05, 0) is 30.9 Å². The minimum absolute atomic E-state index is 0.157. The zero-order valence-electron chi connectivity index (χ0n) is 13.8. The quantitative estimate of drug-likeness (QED) is 0.798. The van der Waals surface area contributed by atoms with Crippen molar-refractivity contribution in [1.29, 1.82) is 0 Å². The van der Waals surface area contributed by atoms with Gasteiger partial charge in [-0.15, -0.1) is 0 Å². The Morgan fingerprint density at radius 3 is 2.45 bits per heavy atom. The van der Waals surface area contributed by atoms with Gasteiger partial charge in [0.15, 0.2) is 0 Å². The van der Waals surface area contributed by atoms with Crippen molar-refractivity contribution in [3.05, 3.63) is 29.3 Å². The van der Waals surface area contributed by atoms with Gasteiger partial charge in [-0.3, -0.25) is 4.79 Å². The van der Waals surface area contributed by atoms with Crippen LogP contribution < -0.4 is 5.32 Å². The third-order valence-corrected chi connectivity index (χ3v) is 4.84. The van der Waals surface area contributed by atoms with Crippen LogP contribution in [0.25, 0.3) is 0 Å². The number of aryl methyl sites for hydroxylation is 2. The predicted molar refractivity (Wildman–Crippen MR) is 90.5 cm³/mol. The summed E-state index contributed by atoms with van der Waals surface area (Å²) in [7, 11) is -3.26. The molecule has 22 heavy (non-hydrogen) atoms. The van der Waals surface area contributed by atoms with Crippen LogP contribution >= 0.6 is 0 Å². The summed E-state index contributed by atoms with van der Waals surface area (Å²) in [4.78, 5) is 12.1. The number of hydrogen-bond acceptors (Lipinski definition) is 3. The number of nitrogens with zero attached hydrogens (tertiary/aromatic N) is 1. The largest absolute Gasteiger partial charge is 0.326 e. The van der Waals surface area contributed by atoms with Gasteiger partial charge in [-0.25, -0.2) is 12.7 Å². The van der Waals surface area contributed by atoms with E-state index in [-0.39, 0.29) is 18.9 Å². The van der Waals surface area contributed by atoms with Crippen LogP contribution in [0.5, 0.6) is 0 Å². The number of rotatable bonds is 8. The molecule has 0 unspecified atom stereocenters. The summed E-state index contributed by atoms with van der Waals surface area (Å²) < 4.78 is 24.6. The van der Waals surface area contributed by atoms with Crippen molar-refractivity contribution in [2.45, 2.75) is 40.0 Å². The van der Waals surface area contributed by atoms with E-state index in [0.717, 1.165) is 29.7 Å². The molecule has 1 amide bonds. The highest BCUT2D eigenvalue weighted by Crippen LogP contribution is 2.21. The van der Waals surface area contributed by atoms with E-state index >= 15 is 0 Å². The first-order valence-corrected chi connectivity index (χ1v) is 9.47.